The molecule has 5 nitrogen and oxygen atoms in total. The lowest BCUT2D eigenvalue weighted by molar-refractivity contribution is 0.0657. The summed E-state index contributed by atoms with van der Waals surface area (Å²) < 4.78 is 19.2. The van der Waals surface area contributed by atoms with Crippen LogP contribution in [0.1, 0.15) is 30.1 Å². The molecule has 0 aromatic heterocycles. The standard InChI is InChI=1S/C13H18FN3O2/c1-13(2-4-19-5-3-13)17-11-6-8(12(16)18)10(15)7-9(11)14/h6-7,17H,2-5,15H2,1H3,(H2,16,18). The molecule has 19 heavy (non-hydrogen) atoms. The second-order valence-corrected chi connectivity index (χ2v) is 5.08. The quantitative estimate of drug-likeness (QED) is 0.724. The molecular formula is C13H18FN3O2. The number of hydrogen-bond donors (Lipinski definition) is 3. The van der Waals surface area contributed by atoms with E-state index >= 15 is 0 Å². The molecule has 104 valence electrons. The smallest absolute Gasteiger partial charge is 0.250 e. The minimum absolute atomic E-state index is 0.0488. The van der Waals surface area contributed by atoms with E-state index in [1.54, 1.807) is 0 Å². The zero-order chi connectivity index (χ0) is 14.0. The third-order valence-electron chi connectivity index (χ3n) is 3.44. The molecule has 0 bridgehead atoms. The largest absolute Gasteiger partial charge is 0.398 e. The molecule has 1 aromatic carbocycles. The SMILES string of the molecule is CC1(Nc2cc(C(N)=O)c(N)cc2F)CCOCC1. The Morgan fingerprint density at radius 1 is 1.42 bits per heavy atom. The normalized spacial score (nSPS) is 18.0. The van der Waals surface area contributed by atoms with E-state index in [0.29, 0.717) is 13.2 Å². The van der Waals surface area contributed by atoms with Crippen molar-refractivity contribution in [3.8, 4) is 0 Å². The van der Waals surface area contributed by atoms with Gasteiger partial charge in [0.2, 0.25) is 0 Å². The van der Waals surface area contributed by atoms with E-state index in [2.05, 4.69) is 5.32 Å². The highest BCUT2D eigenvalue weighted by molar-refractivity contribution is 5.99. The number of anilines is 2. The molecule has 1 saturated heterocycles. The van der Waals surface area contributed by atoms with Crippen molar-refractivity contribution in [2.75, 3.05) is 24.3 Å². The van der Waals surface area contributed by atoms with Gasteiger partial charge in [-0.25, -0.2) is 4.39 Å². The number of carbonyl (C=O) groups is 1. The van der Waals surface area contributed by atoms with Crippen LogP contribution < -0.4 is 16.8 Å². The van der Waals surface area contributed by atoms with Crippen molar-refractivity contribution in [1.29, 1.82) is 0 Å². The average molecular weight is 267 g/mol. The fraction of sp³-hybridized carbons (Fsp3) is 0.462. The molecule has 1 aliphatic heterocycles. The van der Waals surface area contributed by atoms with Gasteiger partial charge in [0.15, 0.2) is 0 Å². The maximum absolute atomic E-state index is 13.9. The number of primary amides is 1. The van der Waals surface area contributed by atoms with Gasteiger partial charge in [0.1, 0.15) is 5.82 Å². The minimum atomic E-state index is -0.669. The third kappa shape index (κ3) is 2.96. The highest BCUT2D eigenvalue weighted by atomic mass is 19.1. The summed E-state index contributed by atoms with van der Waals surface area (Å²) in [6.45, 7) is 3.25. The molecule has 1 amide bonds. The number of nitrogen functional groups attached to an aromatic ring is 1. The molecule has 0 radical (unpaired) electrons. The number of nitrogens with one attached hydrogen (secondary N) is 1. The summed E-state index contributed by atoms with van der Waals surface area (Å²) in [4.78, 5) is 11.2. The fourth-order valence-electron chi connectivity index (χ4n) is 2.17. The van der Waals surface area contributed by atoms with Gasteiger partial charge in [-0.2, -0.15) is 0 Å². The minimum Gasteiger partial charge on any atom is -0.398 e. The van der Waals surface area contributed by atoms with Crippen molar-refractivity contribution in [3.05, 3.63) is 23.5 Å². The van der Waals surface area contributed by atoms with Crippen LogP contribution in [0.3, 0.4) is 0 Å². The van der Waals surface area contributed by atoms with Crippen molar-refractivity contribution < 1.29 is 13.9 Å². The summed E-state index contributed by atoms with van der Waals surface area (Å²) in [7, 11) is 0. The Morgan fingerprint density at radius 2 is 2.05 bits per heavy atom. The Hall–Kier alpha value is -1.82. The fourth-order valence-corrected chi connectivity index (χ4v) is 2.17. The topological polar surface area (TPSA) is 90.4 Å². The summed E-state index contributed by atoms with van der Waals surface area (Å²) in [5.74, 6) is -1.16. The summed E-state index contributed by atoms with van der Waals surface area (Å²) in [6.07, 6.45) is 1.53. The Bertz CT molecular complexity index is 499. The van der Waals surface area contributed by atoms with Crippen LogP contribution >= 0.6 is 0 Å². The van der Waals surface area contributed by atoms with Gasteiger partial charge in [0.05, 0.1) is 11.3 Å². The Labute approximate surface area is 111 Å². The van der Waals surface area contributed by atoms with E-state index in [1.807, 2.05) is 6.92 Å². The summed E-state index contributed by atoms with van der Waals surface area (Å²) in [5.41, 5.74) is 10.9. The van der Waals surface area contributed by atoms with Crippen LogP contribution in [0.25, 0.3) is 0 Å². The van der Waals surface area contributed by atoms with Crippen molar-refractivity contribution in [2.24, 2.45) is 5.73 Å². The zero-order valence-electron chi connectivity index (χ0n) is 10.8. The van der Waals surface area contributed by atoms with Crippen molar-refractivity contribution >= 4 is 17.3 Å². The van der Waals surface area contributed by atoms with Crippen LogP contribution in [0, 0.1) is 5.82 Å². The van der Waals surface area contributed by atoms with E-state index in [0.717, 1.165) is 18.9 Å². The summed E-state index contributed by atoms with van der Waals surface area (Å²) in [5, 5.41) is 3.13. The number of hydrogen-bond acceptors (Lipinski definition) is 4. The molecular weight excluding hydrogens is 249 g/mol. The first-order valence-corrected chi connectivity index (χ1v) is 6.16. The van der Waals surface area contributed by atoms with Crippen LogP contribution in [0.5, 0.6) is 0 Å². The Morgan fingerprint density at radius 3 is 2.63 bits per heavy atom. The number of carbonyl (C=O) groups excluding carboxylic acids is 1. The van der Waals surface area contributed by atoms with Gasteiger partial charge in [-0.1, -0.05) is 0 Å². The van der Waals surface area contributed by atoms with Gasteiger partial charge in [-0.15, -0.1) is 0 Å². The van der Waals surface area contributed by atoms with Gasteiger partial charge in [-0.05, 0) is 31.9 Å². The van der Waals surface area contributed by atoms with E-state index in [1.165, 1.54) is 6.07 Å². The van der Waals surface area contributed by atoms with Crippen LogP contribution in [-0.2, 0) is 4.74 Å². The highest BCUT2D eigenvalue weighted by Crippen LogP contribution is 2.29. The molecule has 1 aliphatic rings. The summed E-state index contributed by atoms with van der Waals surface area (Å²) >= 11 is 0. The highest BCUT2D eigenvalue weighted by Gasteiger charge is 2.28. The van der Waals surface area contributed by atoms with E-state index in [9.17, 15) is 9.18 Å². The Balaban J connectivity index is 2.29. The molecule has 0 saturated carbocycles. The van der Waals surface area contributed by atoms with E-state index in [-0.39, 0.29) is 22.5 Å². The Kier molecular flexibility index (Phi) is 3.61. The lowest BCUT2D eigenvalue weighted by atomic mass is 9.92. The number of rotatable bonds is 3. The third-order valence-corrected chi connectivity index (χ3v) is 3.44. The first-order chi connectivity index (χ1) is 8.91. The average Bonchev–Trinajstić information content (AvgIpc) is 2.33. The molecule has 1 aromatic rings. The maximum atomic E-state index is 13.9. The maximum Gasteiger partial charge on any atom is 0.250 e. The van der Waals surface area contributed by atoms with Gasteiger partial charge in [0.25, 0.3) is 5.91 Å². The van der Waals surface area contributed by atoms with Crippen LogP contribution in [-0.4, -0.2) is 24.7 Å². The molecule has 0 unspecified atom stereocenters. The van der Waals surface area contributed by atoms with Gasteiger partial charge in [-0.3, -0.25) is 4.79 Å². The molecule has 0 aliphatic carbocycles. The lowest BCUT2D eigenvalue weighted by Gasteiger charge is -2.35. The van der Waals surface area contributed by atoms with Crippen LogP contribution in [0.15, 0.2) is 12.1 Å². The second-order valence-electron chi connectivity index (χ2n) is 5.08. The van der Waals surface area contributed by atoms with Gasteiger partial charge < -0.3 is 21.5 Å². The number of halogens is 1. The predicted molar refractivity (Wildman–Crippen MR) is 71.4 cm³/mol. The molecule has 1 fully saturated rings. The lowest BCUT2D eigenvalue weighted by Crippen LogP contribution is -2.41. The first-order valence-electron chi connectivity index (χ1n) is 6.16. The van der Waals surface area contributed by atoms with Crippen LogP contribution in [0.2, 0.25) is 0 Å². The molecule has 5 N–H and O–H groups in total. The van der Waals surface area contributed by atoms with E-state index in [4.69, 9.17) is 16.2 Å². The molecule has 2 rings (SSSR count). The number of benzene rings is 1. The number of ether oxygens (including phenoxy) is 1. The predicted octanol–water partition coefficient (Wildman–Crippen LogP) is 1.49. The molecule has 1 heterocycles. The van der Waals surface area contributed by atoms with E-state index < -0.39 is 11.7 Å². The first kappa shape index (κ1) is 13.6. The second kappa shape index (κ2) is 5.05. The molecule has 0 atom stereocenters. The van der Waals surface area contributed by atoms with Crippen molar-refractivity contribution in [3.63, 3.8) is 0 Å². The number of amides is 1. The zero-order valence-corrected chi connectivity index (χ0v) is 10.8. The van der Waals surface area contributed by atoms with Crippen LogP contribution in [0.4, 0.5) is 15.8 Å². The van der Waals surface area contributed by atoms with Crippen molar-refractivity contribution in [1.82, 2.24) is 0 Å². The van der Waals surface area contributed by atoms with Gasteiger partial charge in [0, 0.05) is 24.4 Å². The number of nitrogens with two attached hydrogens (primary N) is 2. The molecule has 6 heteroatoms. The monoisotopic (exact) mass is 267 g/mol. The van der Waals surface area contributed by atoms with Crippen molar-refractivity contribution in [2.45, 2.75) is 25.3 Å². The van der Waals surface area contributed by atoms with Gasteiger partial charge >= 0.3 is 0 Å². The summed E-state index contributed by atoms with van der Waals surface area (Å²) in [6, 6.07) is 2.48. The molecule has 0 spiro atoms.